The highest BCUT2D eigenvalue weighted by Crippen LogP contribution is 2.24. The lowest BCUT2D eigenvalue weighted by Crippen LogP contribution is -1.99. The lowest BCUT2D eigenvalue weighted by Gasteiger charge is -2.08. The number of carbonyl (C=O) groups excluding carboxylic acids is 1. The van der Waals surface area contributed by atoms with Crippen molar-refractivity contribution in [2.75, 3.05) is 13.2 Å². The van der Waals surface area contributed by atoms with E-state index < -0.39 is 0 Å². The van der Waals surface area contributed by atoms with Crippen molar-refractivity contribution in [1.82, 2.24) is 0 Å². The van der Waals surface area contributed by atoms with Crippen LogP contribution in [0.15, 0.2) is 28.7 Å². The molecule has 0 N–H and O–H groups in total. The Bertz CT molecular complexity index is 427. The number of carbonyl (C=O) groups is 1. The van der Waals surface area contributed by atoms with E-state index in [0.717, 1.165) is 22.2 Å². The van der Waals surface area contributed by atoms with Gasteiger partial charge in [-0.2, -0.15) is 0 Å². The van der Waals surface area contributed by atoms with Crippen molar-refractivity contribution in [3.05, 3.63) is 34.3 Å². The monoisotopic (exact) mass is 312 g/mol. The van der Waals surface area contributed by atoms with Gasteiger partial charge in [0.15, 0.2) is 0 Å². The van der Waals surface area contributed by atoms with Crippen molar-refractivity contribution in [2.45, 2.75) is 20.3 Å². The fourth-order valence-corrected chi connectivity index (χ4v) is 1.72. The first kappa shape index (κ1) is 14.8. The van der Waals surface area contributed by atoms with Crippen LogP contribution in [0, 0.1) is 0 Å². The SMILES string of the molecule is CCCOc1ccc(Br)cc1C=CC(=O)OCC. The van der Waals surface area contributed by atoms with Crippen LogP contribution in [0.3, 0.4) is 0 Å². The Morgan fingerprint density at radius 1 is 1.39 bits per heavy atom. The summed E-state index contributed by atoms with van der Waals surface area (Å²) in [6.45, 7) is 4.86. The molecule has 98 valence electrons. The van der Waals surface area contributed by atoms with Gasteiger partial charge in [-0.25, -0.2) is 4.79 Å². The molecule has 1 aromatic carbocycles. The zero-order chi connectivity index (χ0) is 13.4. The van der Waals surface area contributed by atoms with Gasteiger partial charge >= 0.3 is 5.97 Å². The maximum Gasteiger partial charge on any atom is 0.330 e. The Kier molecular flexibility index (Phi) is 6.50. The van der Waals surface area contributed by atoms with Gasteiger partial charge in [0.2, 0.25) is 0 Å². The van der Waals surface area contributed by atoms with Crippen LogP contribution >= 0.6 is 15.9 Å². The van der Waals surface area contributed by atoms with Crippen molar-refractivity contribution in [1.29, 1.82) is 0 Å². The molecule has 0 bridgehead atoms. The summed E-state index contributed by atoms with van der Waals surface area (Å²) < 4.78 is 11.4. The first-order valence-corrected chi connectivity index (χ1v) is 6.73. The molecule has 0 amide bonds. The molecular formula is C14H17BrO3. The third-order valence-electron chi connectivity index (χ3n) is 2.12. The molecule has 0 heterocycles. The van der Waals surface area contributed by atoms with Gasteiger partial charge in [-0.3, -0.25) is 0 Å². The molecule has 0 radical (unpaired) electrons. The summed E-state index contributed by atoms with van der Waals surface area (Å²) in [7, 11) is 0. The minimum absolute atomic E-state index is 0.348. The number of rotatable bonds is 6. The van der Waals surface area contributed by atoms with Crippen molar-refractivity contribution in [3.63, 3.8) is 0 Å². The molecule has 4 heteroatoms. The Labute approximate surface area is 116 Å². The second-order valence-electron chi connectivity index (χ2n) is 3.62. The highest BCUT2D eigenvalue weighted by molar-refractivity contribution is 9.10. The quantitative estimate of drug-likeness (QED) is 0.592. The van der Waals surface area contributed by atoms with Gasteiger partial charge < -0.3 is 9.47 Å². The lowest BCUT2D eigenvalue weighted by molar-refractivity contribution is -0.137. The van der Waals surface area contributed by atoms with Crippen LogP contribution in [0.2, 0.25) is 0 Å². The fourth-order valence-electron chi connectivity index (χ4n) is 1.34. The average Bonchev–Trinajstić information content (AvgIpc) is 2.35. The van der Waals surface area contributed by atoms with E-state index in [1.807, 2.05) is 25.1 Å². The predicted molar refractivity (Wildman–Crippen MR) is 75.6 cm³/mol. The minimum Gasteiger partial charge on any atom is -0.493 e. The Morgan fingerprint density at radius 2 is 2.17 bits per heavy atom. The zero-order valence-corrected chi connectivity index (χ0v) is 12.2. The van der Waals surface area contributed by atoms with Gasteiger partial charge in [0.25, 0.3) is 0 Å². The van der Waals surface area contributed by atoms with Gasteiger partial charge in [-0.05, 0) is 37.6 Å². The molecule has 0 spiro atoms. The molecule has 3 nitrogen and oxygen atoms in total. The van der Waals surface area contributed by atoms with Crippen LogP contribution in [0.4, 0.5) is 0 Å². The van der Waals surface area contributed by atoms with E-state index in [0.29, 0.717) is 13.2 Å². The standard InChI is InChI=1S/C14H17BrO3/c1-3-9-18-13-7-6-12(15)10-11(13)5-8-14(16)17-4-2/h5-8,10H,3-4,9H2,1-2H3. The first-order valence-electron chi connectivity index (χ1n) is 5.94. The van der Waals surface area contributed by atoms with Crippen LogP contribution in [0.1, 0.15) is 25.8 Å². The molecule has 0 aliphatic heterocycles. The van der Waals surface area contributed by atoms with E-state index in [4.69, 9.17) is 9.47 Å². The van der Waals surface area contributed by atoms with Crippen molar-refractivity contribution in [2.24, 2.45) is 0 Å². The molecule has 18 heavy (non-hydrogen) atoms. The molecular weight excluding hydrogens is 296 g/mol. The second-order valence-corrected chi connectivity index (χ2v) is 4.53. The van der Waals surface area contributed by atoms with E-state index in [9.17, 15) is 4.79 Å². The highest BCUT2D eigenvalue weighted by atomic mass is 79.9. The summed E-state index contributed by atoms with van der Waals surface area (Å²) in [4.78, 5) is 11.3. The molecule has 0 unspecified atom stereocenters. The number of ether oxygens (including phenoxy) is 2. The molecule has 0 aliphatic rings. The molecule has 0 atom stereocenters. The van der Waals surface area contributed by atoms with E-state index in [-0.39, 0.29) is 5.97 Å². The Balaban J connectivity index is 2.84. The van der Waals surface area contributed by atoms with Crippen LogP contribution in [-0.2, 0) is 9.53 Å². The molecule has 0 saturated heterocycles. The van der Waals surface area contributed by atoms with Crippen molar-refractivity contribution in [3.8, 4) is 5.75 Å². The van der Waals surface area contributed by atoms with E-state index in [1.165, 1.54) is 6.08 Å². The molecule has 0 saturated carbocycles. The third kappa shape index (κ3) is 4.92. The number of hydrogen-bond acceptors (Lipinski definition) is 3. The summed E-state index contributed by atoms with van der Waals surface area (Å²) in [5, 5.41) is 0. The smallest absolute Gasteiger partial charge is 0.330 e. The van der Waals surface area contributed by atoms with Gasteiger partial charge in [0.1, 0.15) is 5.75 Å². The largest absolute Gasteiger partial charge is 0.493 e. The Morgan fingerprint density at radius 3 is 2.83 bits per heavy atom. The summed E-state index contributed by atoms with van der Waals surface area (Å²) >= 11 is 3.40. The molecule has 0 aromatic heterocycles. The van der Waals surface area contributed by atoms with Gasteiger partial charge in [-0.15, -0.1) is 0 Å². The maximum atomic E-state index is 11.3. The fraction of sp³-hybridized carbons (Fsp3) is 0.357. The number of halogens is 1. The summed E-state index contributed by atoms with van der Waals surface area (Å²) in [6, 6.07) is 5.69. The van der Waals surface area contributed by atoms with Gasteiger partial charge in [0, 0.05) is 16.1 Å². The molecule has 1 rings (SSSR count). The number of esters is 1. The van der Waals surface area contributed by atoms with Crippen LogP contribution in [0.5, 0.6) is 5.75 Å². The summed E-state index contributed by atoms with van der Waals surface area (Å²) in [6.07, 6.45) is 4.05. The van der Waals surface area contributed by atoms with E-state index in [2.05, 4.69) is 15.9 Å². The van der Waals surface area contributed by atoms with Gasteiger partial charge in [-0.1, -0.05) is 22.9 Å². The maximum absolute atomic E-state index is 11.3. The summed E-state index contributed by atoms with van der Waals surface area (Å²) in [5.41, 5.74) is 0.853. The normalized spacial score (nSPS) is 10.6. The predicted octanol–water partition coefficient (Wildman–Crippen LogP) is 3.81. The number of benzene rings is 1. The Hall–Kier alpha value is -1.29. The van der Waals surface area contributed by atoms with Crippen molar-refractivity contribution >= 4 is 28.0 Å². The van der Waals surface area contributed by atoms with Crippen molar-refractivity contribution < 1.29 is 14.3 Å². The third-order valence-corrected chi connectivity index (χ3v) is 2.61. The average molecular weight is 313 g/mol. The first-order chi connectivity index (χ1) is 8.67. The molecule has 0 fully saturated rings. The van der Waals surface area contributed by atoms with E-state index in [1.54, 1.807) is 13.0 Å². The van der Waals surface area contributed by atoms with Crippen LogP contribution in [0.25, 0.3) is 6.08 Å². The number of hydrogen-bond donors (Lipinski definition) is 0. The lowest BCUT2D eigenvalue weighted by atomic mass is 10.2. The highest BCUT2D eigenvalue weighted by Gasteiger charge is 2.03. The molecule has 0 aliphatic carbocycles. The van der Waals surface area contributed by atoms with Crippen LogP contribution in [-0.4, -0.2) is 19.2 Å². The zero-order valence-electron chi connectivity index (χ0n) is 10.6. The second kappa shape index (κ2) is 7.93. The summed E-state index contributed by atoms with van der Waals surface area (Å²) in [5.74, 6) is 0.416. The molecule has 1 aromatic rings. The topological polar surface area (TPSA) is 35.5 Å². The van der Waals surface area contributed by atoms with Gasteiger partial charge in [0.05, 0.1) is 13.2 Å². The van der Waals surface area contributed by atoms with Crippen LogP contribution < -0.4 is 4.74 Å². The minimum atomic E-state index is -0.348. The van der Waals surface area contributed by atoms with E-state index >= 15 is 0 Å².